The maximum atomic E-state index is 13.1. The number of halogens is 3. The number of hydrogen-bond acceptors (Lipinski definition) is 5. The van der Waals surface area contributed by atoms with Crippen LogP contribution in [0.25, 0.3) is 22.3 Å². The molecule has 0 bridgehead atoms. The number of aromatic nitrogens is 2. The number of fused-ring (bicyclic) bond motifs is 1. The molecule has 0 fully saturated rings. The molecule has 0 aliphatic carbocycles. The Morgan fingerprint density at radius 3 is 2.52 bits per heavy atom. The second-order valence-electron chi connectivity index (χ2n) is 7.41. The molecule has 8 heteroatoms. The number of nitrogens with two attached hydrogens (primary N) is 1. The van der Waals surface area contributed by atoms with Crippen LogP contribution in [0.3, 0.4) is 0 Å². The molecular weight excluding hydrogens is 381 g/mol. The zero-order chi connectivity index (χ0) is 21.2. The quantitative estimate of drug-likeness (QED) is 0.549. The summed E-state index contributed by atoms with van der Waals surface area (Å²) in [6.07, 6.45) is -3.72. The van der Waals surface area contributed by atoms with E-state index in [0.29, 0.717) is 23.8 Å². The van der Waals surface area contributed by atoms with Crippen LogP contribution < -0.4 is 11.1 Å². The van der Waals surface area contributed by atoms with Crippen LogP contribution >= 0.6 is 0 Å². The van der Waals surface area contributed by atoms with Gasteiger partial charge in [-0.1, -0.05) is 26.0 Å². The Morgan fingerprint density at radius 2 is 1.83 bits per heavy atom. The average Bonchev–Trinajstić information content (AvgIpc) is 2.64. The Bertz CT molecular complexity index is 1000. The molecule has 0 saturated carbocycles. The van der Waals surface area contributed by atoms with E-state index in [4.69, 9.17) is 5.73 Å². The van der Waals surface area contributed by atoms with Gasteiger partial charge in [-0.05, 0) is 42.7 Å². The topological polar surface area (TPSA) is 84.1 Å². The second-order valence-corrected chi connectivity index (χ2v) is 7.41. The highest BCUT2D eigenvalue weighted by Crippen LogP contribution is 2.36. The number of rotatable bonds is 6. The van der Waals surface area contributed by atoms with Crippen LogP contribution in [0.5, 0.6) is 5.75 Å². The Morgan fingerprint density at radius 1 is 1.10 bits per heavy atom. The van der Waals surface area contributed by atoms with Crippen LogP contribution in [-0.2, 0) is 6.18 Å². The van der Waals surface area contributed by atoms with Gasteiger partial charge in [0.25, 0.3) is 0 Å². The van der Waals surface area contributed by atoms with E-state index in [0.717, 1.165) is 30.0 Å². The van der Waals surface area contributed by atoms with Crippen molar-refractivity contribution >= 4 is 16.7 Å². The van der Waals surface area contributed by atoms with Gasteiger partial charge in [0.1, 0.15) is 11.6 Å². The van der Waals surface area contributed by atoms with E-state index < -0.39 is 11.7 Å². The monoisotopic (exact) mass is 404 g/mol. The van der Waals surface area contributed by atoms with E-state index in [1.54, 1.807) is 12.1 Å². The van der Waals surface area contributed by atoms with Gasteiger partial charge >= 0.3 is 6.18 Å². The predicted molar refractivity (Wildman–Crippen MR) is 108 cm³/mol. The van der Waals surface area contributed by atoms with Gasteiger partial charge in [0, 0.05) is 18.0 Å². The highest BCUT2D eigenvalue weighted by molar-refractivity contribution is 5.91. The Kier molecular flexibility index (Phi) is 5.93. The van der Waals surface area contributed by atoms with Gasteiger partial charge in [0.2, 0.25) is 0 Å². The smallest absolute Gasteiger partial charge is 0.416 e. The summed E-state index contributed by atoms with van der Waals surface area (Å²) in [6, 6.07) is 9.74. The van der Waals surface area contributed by atoms with Gasteiger partial charge in [0.15, 0.2) is 5.82 Å². The van der Waals surface area contributed by atoms with Crippen molar-refractivity contribution in [3.63, 3.8) is 0 Å². The fourth-order valence-corrected chi connectivity index (χ4v) is 3.14. The number of benzene rings is 2. The Labute approximate surface area is 166 Å². The largest absolute Gasteiger partial charge is 0.507 e. The third-order valence-electron chi connectivity index (χ3n) is 4.47. The van der Waals surface area contributed by atoms with E-state index in [-0.39, 0.29) is 23.2 Å². The molecule has 1 heterocycles. The number of phenols is 1. The van der Waals surface area contributed by atoms with Crippen LogP contribution in [0.1, 0.15) is 25.8 Å². The summed E-state index contributed by atoms with van der Waals surface area (Å²) in [6.45, 7) is 4.61. The van der Waals surface area contributed by atoms with Crippen molar-refractivity contribution in [3.05, 3.63) is 48.0 Å². The lowest BCUT2D eigenvalue weighted by molar-refractivity contribution is -0.137. The molecule has 0 aliphatic heterocycles. The minimum atomic E-state index is -4.54. The first kappa shape index (κ1) is 20.9. The maximum Gasteiger partial charge on any atom is 0.416 e. The second kappa shape index (κ2) is 8.24. The summed E-state index contributed by atoms with van der Waals surface area (Å²) >= 11 is 0. The molecule has 3 rings (SSSR count). The molecule has 2 aromatic carbocycles. The van der Waals surface area contributed by atoms with Crippen LogP contribution in [0.15, 0.2) is 42.5 Å². The van der Waals surface area contributed by atoms with Gasteiger partial charge in [-0.2, -0.15) is 13.2 Å². The van der Waals surface area contributed by atoms with E-state index in [1.807, 2.05) is 12.1 Å². The lowest BCUT2D eigenvalue weighted by atomic mass is 10.0. The molecule has 3 aromatic rings. The molecule has 0 spiro atoms. The summed E-state index contributed by atoms with van der Waals surface area (Å²) in [7, 11) is 0. The fraction of sp³-hybridized carbons (Fsp3) is 0.333. The van der Waals surface area contributed by atoms with Crippen molar-refractivity contribution in [3.8, 4) is 17.1 Å². The van der Waals surface area contributed by atoms with Crippen molar-refractivity contribution in [1.82, 2.24) is 9.97 Å². The number of alkyl halides is 3. The van der Waals surface area contributed by atoms with Crippen LogP contribution in [0.2, 0.25) is 0 Å². The Hall–Kier alpha value is -2.87. The number of nitrogens with zero attached hydrogens (tertiary/aromatic N) is 2. The number of nitrogens with one attached hydrogen (secondary N) is 1. The number of phenolic OH excluding ortho intramolecular Hbond substituents is 1. The molecule has 0 saturated heterocycles. The van der Waals surface area contributed by atoms with Gasteiger partial charge in [-0.25, -0.2) is 9.97 Å². The van der Waals surface area contributed by atoms with Gasteiger partial charge in [-0.15, -0.1) is 0 Å². The molecule has 154 valence electrons. The first-order valence-electron chi connectivity index (χ1n) is 9.32. The summed E-state index contributed by atoms with van der Waals surface area (Å²) < 4.78 is 39.3. The molecule has 5 nitrogen and oxygen atoms in total. The molecule has 0 aliphatic rings. The molecule has 1 aromatic heterocycles. The van der Waals surface area contributed by atoms with Crippen molar-refractivity contribution < 1.29 is 18.3 Å². The minimum Gasteiger partial charge on any atom is -0.507 e. The lowest BCUT2D eigenvalue weighted by Crippen LogP contribution is -2.30. The van der Waals surface area contributed by atoms with Crippen molar-refractivity contribution in [2.24, 2.45) is 11.7 Å². The van der Waals surface area contributed by atoms with Crippen molar-refractivity contribution in [2.75, 3.05) is 11.9 Å². The summed E-state index contributed by atoms with van der Waals surface area (Å²) in [5.41, 5.74) is 5.72. The van der Waals surface area contributed by atoms with E-state index >= 15 is 0 Å². The number of anilines is 1. The summed E-state index contributed by atoms with van der Waals surface area (Å²) in [5, 5.41) is 14.1. The Balaban J connectivity index is 2.04. The lowest BCUT2D eigenvalue weighted by Gasteiger charge is -2.17. The van der Waals surface area contributed by atoms with E-state index in [1.165, 1.54) is 0 Å². The third kappa shape index (κ3) is 4.95. The summed E-state index contributed by atoms with van der Waals surface area (Å²) in [5.74, 6) is 0.580. The van der Waals surface area contributed by atoms with Crippen molar-refractivity contribution in [1.29, 1.82) is 0 Å². The van der Waals surface area contributed by atoms with Crippen molar-refractivity contribution in [2.45, 2.75) is 32.5 Å². The fourth-order valence-electron chi connectivity index (χ4n) is 3.14. The predicted octanol–water partition coefficient (Wildman–Crippen LogP) is 4.81. The first-order chi connectivity index (χ1) is 13.6. The number of hydrogen-bond donors (Lipinski definition) is 3. The van der Waals surface area contributed by atoms with Crippen LogP contribution in [0.4, 0.5) is 19.0 Å². The van der Waals surface area contributed by atoms with Crippen LogP contribution in [-0.4, -0.2) is 27.7 Å². The molecule has 0 unspecified atom stereocenters. The molecule has 1 atom stereocenters. The van der Waals surface area contributed by atoms with Gasteiger partial charge in [-0.3, -0.25) is 0 Å². The number of para-hydroxylation sites is 1. The molecule has 29 heavy (non-hydrogen) atoms. The molecule has 0 radical (unpaired) electrons. The molecule has 4 N–H and O–H groups in total. The zero-order valence-corrected chi connectivity index (χ0v) is 16.2. The maximum absolute atomic E-state index is 13.1. The number of aromatic hydroxyl groups is 1. The normalized spacial score (nSPS) is 13.1. The molecule has 0 amide bonds. The van der Waals surface area contributed by atoms with E-state index in [2.05, 4.69) is 29.1 Å². The highest BCUT2D eigenvalue weighted by atomic mass is 19.4. The first-order valence-corrected chi connectivity index (χ1v) is 9.32. The molecular formula is C21H23F3N4O. The minimum absolute atomic E-state index is 0.00670. The van der Waals surface area contributed by atoms with Crippen LogP contribution in [0, 0.1) is 5.92 Å². The standard InChI is InChI=1S/C21H23F3N4O/c1-12(2)9-14(25)11-26-19-15-5-3-4-6-17(15)27-20(28-19)16-10-13(21(22,23)24)7-8-18(16)29/h3-8,10,12,14,29H,9,11,25H2,1-2H3,(H,26,27,28)/t14-/m1/s1. The third-order valence-corrected chi connectivity index (χ3v) is 4.47. The summed E-state index contributed by atoms with van der Waals surface area (Å²) in [4.78, 5) is 8.76. The van der Waals surface area contributed by atoms with Gasteiger partial charge in [0.05, 0.1) is 16.6 Å². The SMILES string of the molecule is CC(C)C[C@@H](N)CNc1nc(-c2cc(C(F)(F)F)ccc2O)nc2ccccc12. The highest BCUT2D eigenvalue weighted by Gasteiger charge is 2.31. The average molecular weight is 404 g/mol. The van der Waals surface area contributed by atoms with Gasteiger partial charge < -0.3 is 16.2 Å². The van der Waals surface area contributed by atoms with E-state index in [9.17, 15) is 18.3 Å². The zero-order valence-electron chi connectivity index (χ0n) is 16.2.